The van der Waals surface area contributed by atoms with Crippen molar-refractivity contribution >= 4 is 5.97 Å². The first-order valence-corrected chi connectivity index (χ1v) is 5.48. The molecule has 0 saturated heterocycles. The second-order valence-electron chi connectivity index (χ2n) is 4.15. The van der Waals surface area contributed by atoms with Crippen molar-refractivity contribution in [1.29, 1.82) is 0 Å². The van der Waals surface area contributed by atoms with E-state index in [2.05, 4.69) is 24.3 Å². The number of ether oxygens (including phenoxy) is 1. The Hall–Kier alpha value is -1.31. The molecule has 1 fully saturated rings. The van der Waals surface area contributed by atoms with Gasteiger partial charge in [0.05, 0.1) is 0 Å². The Morgan fingerprint density at radius 3 is 2.47 bits per heavy atom. The molecular formula is C13H16O2. The van der Waals surface area contributed by atoms with Crippen LogP contribution in [-0.2, 0) is 16.1 Å². The molecular weight excluding hydrogens is 188 g/mol. The van der Waals surface area contributed by atoms with Crippen molar-refractivity contribution in [3.63, 3.8) is 0 Å². The molecule has 1 aromatic rings. The van der Waals surface area contributed by atoms with Gasteiger partial charge in [0.25, 0.3) is 0 Å². The Morgan fingerprint density at radius 1 is 1.33 bits per heavy atom. The first kappa shape index (κ1) is 10.2. The average Bonchev–Trinajstić information content (AvgIpc) is 2.14. The summed E-state index contributed by atoms with van der Waals surface area (Å²) >= 11 is 0. The van der Waals surface area contributed by atoms with Crippen molar-refractivity contribution in [2.24, 2.45) is 0 Å². The molecule has 2 nitrogen and oxygen atoms in total. The average molecular weight is 204 g/mol. The van der Waals surface area contributed by atoms with Crippen LogP contribution in [0.2, 0.25) is 0 Å². The van der Waals surface area contributed by atoms with Gasteiger partial charge < -0.3 is 4.74 Å². The molecule has 2 rings (SSSR count). The maximum Gasteiger partial charge on any atom is 0.302 e. The van der Waals surface area contributed by atoms with E-state index in [0.717, 1.165) is 11.5 Å². The van der Waals surface area contributed by atoms with Gasteiger partial charge in [-0.05, 0) is 29.9 Å². The zero-order chi connectivity index (χ0) is 10.7. The summed E-state index contributed by atoms with van der Waals surface area (Å²) in [7, 11) is 0. The van der Waals surface area contributed by atoms with Crippen molar-refractivity contribution in [2.45, 2.75) is 38.7 Å². The lowest BCUT2D eigenvalue weighted by molar-refractivity contribution is -0.142. The lowest BCUT2D eigenvalue weighted by Crippen LogP contribution is -2.08. The third-order valence-electron chi connectivity index (χ3n) is 3.00. The summed E-state index contributed by atoms with van der Waals surface area (Å²) < 4.78 is 4.93. The van der Waals surface area contributed by atoms with Crippen LogP contribution in [0.15, 0.2) is 24.3 Å². The SMILES string of the molecule is CC(=O)OCc1ccc(C2CCC2)cc1. The molecule has 1 aromatic carbocycles. The van der Waals surface area contributed by atoms with E-state index in [9.17, 15) is 4.79 Å². The molecule has 0 radical (unpaired) electrons. The van der Waals surface area contributed by atoms with Crippen molar-refractivity contribution < 1.29 is 9.53 Å². The summed E-state index contributed by atoms with van der Waals surface area (Å²) in [5.41, 5.74) is 2.49. The van der Waals surface area contributed by atoms with Gasteiger partial charge in [-0.1, -0.05) is 30.7 Å². The quantitative estimate of drug-likeness (QED) is 0.707. The highest BCUT2D eigenvalue weighted by molar-refractivity contribution is 5.65. The predicted octanol–water partition coefficient (Wildman–Crippen LogP) is 3.02. The van der Waals surface area contributed by atoms with E-state index >= 15 is 0 Å². The van der Waals surface area contributed by atoms with Crippen LogP contribution in [0.1, 0.15) is 43.2 Å². The number of esters is 1. The predicted molar refractivity (Wildman–Crippen MR) is 58.5 cm³/mol. The number of rotatable bonds is 3. The minimum absolute atomic E-state index is 0.224. The molecule has 0 N–H and O–H groups in total. The number of carbonyl (C=O) groups is 1. The third-order valence-corrected chi connectivity index (χ3v) is 3.00. The van der Waals surface area contributed by atoms with Gasteiger partial charge in [-0.25, -0.2) is 0 Å². The fraction of sp³-hybridized carbons (Fsp3) is 0.462. The number of hydrogen-bond donors (Lipinski definition) is 0. The van der Waals surface area contributed by atoms with E-state index in [1.165, 1.54) is 31.7 Å². The molecule has 0 aliphatic heterocycles. The monoisotopic (exact) mass is 204 g/mol. The van der Waals surface area contributed by atoms with Crippen LogP contribution < -0.4 is 0 Å². The normalized spacial score (nSPS) is 15.8. The molecule has 0 heterocycles. The van der Waals surface area contributed by atoms with Crippen LogP contribution in [0.4, 0.5) is 0 Å². The zero-order valence-corrected chi connectivity index (χ0v) is 9.03. The molecule has 0 atom stereocenters. The first-order valence-electron chi connectivity index (χ1n) is 5.48. The molecule has 1 saturated carbocycles. The molecule has 0 unspecified atom stereocenters. The lowest BCUT2D eigenvalue weighted by atomic mass is 9.80. The van der Waals surface area contributed by atoms with Gasteiger partial charge in [0.2, 0.25) is 0 Å². The lowest BCUT2D eigenvalue weighted by Gasteiger charge is -2.25. The molecule has 1 aliphatic rings. The van der Waals surface area contributed by atoms with Crippen LogP contribution in [0.5, 0.6) is 0 Å². The molecule has 80 valence electrons. The largest absolute Gasteiger partial charge is 0.461 e. The van der Waals surface area contributed by atoms with Gasteiger partial charge >= 0.3 is 5.97 Å². The van der Waals surface area contributed by atoms with Crippen LogP contribution in [-0.4, -0.2) is 5.97 Å². The molecule has 1 aliphatic carbocycles. The Labute approximate surface area is 90.3 Å². The fourth-order valence-electron chi connectivity index (χ4n) is 1.81. The van der Waals surface area contributed by atoms with Crippen LogP contribution in [0.25, 0.3) is 0 Å². The Bertz CT molecular complexity index is 336. The van der Waals surface area contributed by atoms with Crippen molar-refractivity contribution in [2.75, 3.05) is 0 Å². The second-order valence-corrected chi connectivity index (χ2v) is 4.15. The summed E-state index contributed by atoms with van der Waals surface area (Å²) in [6, 6.07) is 8.42. The van der Waals surface area contributed by atoms with E-state index in [0.29, 0.717) is 6.61 Å². The highest BCUT2D eigenvalue weighted by atomic mass is 16.5. The number of hydrogen-bond acceptors (Lipinski definition) is 2. The smallest absolute Gasteiger partial charge is 0.302 e. The summed E-state index contributed by atoms with van der Waals surface area (Å²) in [5.74, 6) is 0.547. The Morgan fingerprint density at radius 2 is 2.00 bits per heavy atom. The van der Waals surface area contributed by atoms with Crippen molar-refractivity contribution in [3.05, 3.63) is 35.4 Å². The summed E-state index contributed by atoms with van der Waals surface area (Å²) in [6.45, 7) is 1.82. The maximum atomic E-state index is 10.6. The topological polar surface area (TPSA) is 26.3 Å². The molecule has 0 spiro atoms. The van der Waals surface area contributed by atoms with E-state index in [1.54, 1.807) is 0 Å². The number of carbonyl (C=O) groups excluding carboxylic acids is 1. The minimum Gasteiger partial charge on any atom is -0.461 e. The Kier molecular flexibility index (Phi) is 3.05. The third kappa shape index (κ3) is 2.58. The van der Waals surface area contributed by atoms with Gasteiger partial charge in [0.15, 0.2) is 0 Å². The molecule has 2 heteroatoms. The Balaban J connectivity index is 1.94. The van der Waals surface area contributed by atoms with Gasteiger partial charge in [0, 0.05) is 6.92 Å². The standard InChI is InChI=1S/C13H16O2/c1-10(14)15-9-11-5-7-13(8-6-11)12-3-2-4-12/h5-8,12H,2-4,9H2,1H3. The van der Waals surface area contributed by atoms with Gasteiger partial charge in [-0.2, -0.15) is 0 Å². The highest BCUT2D eigenvalue weighted by Gasteiger charge is 2.18. The van der Waals surface area contributed by atoms with E-state index in [1.807, 2.05) is 0 Å². The zero-order valence-electron chi connectivity index (χ0n) is 9.03. The molecule has 0 aromatic heterocycles. The first-order chi connectivity index (χ1) is 7.25. The summed E-state index contributed by atoms with van der Waals surface area (Å²) in [6.07, 6.45) is 4.01. The van der Waals surface area contributed by atoms with Crippen molar-refractivity contribution in [3.8, 4) is 0 Å². The summed E-state index contributed by atoms with van der Waals surface area (Å²) in [5, 5.41) is 0. The molecule has 15 heavy (non-hydrogen) atoms. The fourth-order valence-corrected chi connectivity index (χ4v) is 1.81. The van der Waals surface area contributed by atoms with Gasteiger partial charge in [-0.3, -0.25) is 4.79 Å². The van der Waals surface area contributed by atoms with Crippen LogP contribution in [0, 0.1) is 0 Å². The minimum atomic E-state index is -0.224. The van der Waals surface area contributed by atoms with Crippen LogP contribution >= 0.6 is 0 Å². The highest BCUT2D eigenvalue weighted by Crippen LogP contribution is 2.36. The van der Waals surface area contributed by atoms with Crippen LogP contribution in [0.3, 0.4) is 0 Å². The van der Waals surface area contributed by atoms with E-state index < -0.39 is 0 Å². The van der Waals surface area contributed by atoms with Crippen molar-refractivity contribution in [1.82, 2.24) is 0 Å². The summed E-state index contributed by atoms with van der Waals surface area (Å²) in [4.78, 5) is 10.6. The van der Waals surface area contributed by atoms with E-state index in [-0.39, 0.29) is 5.97 Å². The van der Waals surface area contributed by atoms with E-state index in [4.69, 9.17) is 4.74 Å². The second kappa shape index (κ2) is 4.47. The van der Waals surface area contributed by atoms with Gasteiger partial charge in [0.1, 0.15) is 6.61 Å². The molecule has 0 amide bonds. The number of benzene rings is 1. The van der Waals surface area contributed by atoms with Gasteiger partial charge in [-0.15, -0.1) is 0 Å². The maximum absolute atomic E-state index is 10.6. The molecule has 0 bridgehead atoms.